The number of benzene rings is 1. The molecule has 6 nitrogen and oxygen atoms in total. The van der Waals surface area contributed by atoms with Crippen molar-refractivity contribution in [3.05, 3.63) is 71.4 Å². The van der Waals surface area contributed by atoms with E-state index in [2.05, 4.69) is 26.5 Å². The van der Waals surface area contributed by atoms with Crippen molar-refractivity contribution in [1.29, 1.82) is 0 Å². The number of aromatic nitrogens is 3. The zero-order valence-corrected chi connectivity index (χ0v) is 15.6. The van der Waals surface area contributed by atoms with Gasteiger partial charge in [0.15, 0.2) is 0 Å². The molecule has 0 amide bonds. The smallest absolute Gasteiger partial charge is 0.110 e. The van der Waals surface area contributed by atoms with Crippen molar-refractivity contribution in [3.63, 3.8) is 0 Å². The maximum absolute atomic E-state index is 9.52. The first kappa shape index (κ1) is 17.1. The topological polar surface area (TPSA) is 86.2 Å². The lowest BCUT2D eigenvalue weighted by molar-refractivity contribution is 0.318. The summed E-state index contributed by atoms with van der Waals surface area (Å²) in [6.45, 7) is 2.05. The third-order valence-corrected chi connectivity index (χ3v) is 5.94. The fourth-order valence-corrected chi connectivity index (χ4v) is 4.51. The average molecular weight is 373 g/mol. The summed E-state index contributed by atoms with van der Waals surface area (Å²) in [4.78, 5) is 12.9. The van der Waals surface area contributed by atoms with E-state index in [-0.39, 0.29) is 5.92 Å². The SMILES string of the molecule is O/N=C1/CC(c2[nH]c(C3CCNCC3)nc2-c2ccncc2)c2ccccc21. The van der Waals surface area contributed by atoms with Gasteiger partial charge in [-0.2, -0.15) is 0 Å². The zero-order valence-electron chi connectivity index (χ0n) is 15.6. The van der Waals surface area contributed by atoms with Crippen LogP contribution in [0.15, 0.2) is 53.9 Å². The van der Waals surface area contributed by atoms with Gasteiger partial charge in [0.2, 0.25) is 0 Å². The number of aromatic amines is 1. The molecule has 1 aliphatic carbocycles. The molecule has 1 fully saturated rings. The quantitative estimate of drug-likeness (QED) is 0.483. The van der Waals surface area contributed by atoms with Crippen molar-refractivity contribution in [2.75, 3.05) is 13.1 Å². The normalized spacial score (nSPS) is 21.1. The van der Waals surface area contributed by atoms with Gasteiger partial charge >= 0.3 is 0 Å². The Hall–Kier alpha value is -2.99. The number of imidazole rings is 1. The Morgan fingerprint density at radius 2 is 1.82 bits per heavy atom. The van der Waals surface area contributed by atoms with Crippen molar-refractivity contribution < 1.29 is 5.21 Å². The Morgan fingerprint density at radius 1 is 1.04 bits per heavy atom. The molecule has 1 unspecified atom stereocenters. The minimum atomic E-state index is 0.105. The van der Waals surface area contributed by atoms with Crippen molar-refractivity contribution in [1.82, 2.24) is 20.3 Å². The second kappa shape index (κ2) is 7.20. The second-order valence-electron chi connectivity index (χ2n) is 7.54. The second-order valence-corrected chi connectivity index (χ2v) is 7.54. The number of oxime groups is 1. The molecule has 0 spiro atoms. The zero-order chi connectivity index (χ0) is 18.9. The first-order valence-electron chi connectivity index (χ1n) is 9.86. The van der Waals surface area contributed by atoms with E-state index in [9.17, 15) is 5.21 Å². The molecule has 1 aromatic carbocycles. The average Bonchev–Trinajstić information content (AvgIpc) is 3.37. The Morgan fingerprint density at radius 3 is 2.61 bits per heavy atom. The third kappa shape index (κ3) is 2.90. The van der Waals surface area contributed by atoms with E-state index in [0.717, 1.165) is 60.0 Å². The summed E-state index contributed by atoms with van der Waals surface area (Å²) in [6, 6.07) is 12.2. The summed E-state index contributed by atoms with van der Waals surface area (Å²) in [5.74, 6) is 1.61. The number of nitrogens with zero attached hydrogens (tertiary/aromatic N) is 3. The highest BCUT2D eigenvalue weighted by atomic mass is 16.4. The molecular weight excluding hydrogens is 350 g/mol. The lowest BCUT2D eigenvalue weighted by atomic mass is 9.94. The van der Waals surface area contributed by atoms with Crippen LogP contribution in [0.4, 0.5) is 0 Å². The van der Waals surface area contributed by atoms with Crippen LogP contribution in [0.1, 0.15) is 53.7 Å². The Kier molecular flexibility index (Phi) is 4.41. The Bertz CT molecular complexity index is 1000. The molecule has 1 saturated heterocycles. The minimum Gasteiger partial charge on any atom is -0.411 e. The van der Waals surface area contributed by atoms with E-state index < -0.39 is 0 Å². The third-order valence-electron chi connectivity index (χ3n) is 5.94. The fraction of sp³-hybridized carbons (Fsp3) is 0.318. The lowest BCUT2D eigenvalue weighted by Gasteiger charge is -2.20. The molecule has 3 heterocycles. The van der Waals surface area contributed by atoms with E-state index in [1.165, 1.54) is 5.56 Å². The number of hydrogen-bond acceptors (Lipinski definition) is 5. The largest absolute Gasteiger partial charge is 0.411 e. The van der Waals surface area contributed by atoms with Gasteiger partial charge in [0.25, 0.3) is 0 Å². The maximum atomic E-state index is 9.52. The lowest BCUT2D eigenvalue weighted by Crippen LogP contribution is -2.27. The molecule has 1 atom stereocenters. The summed E-state index contributed by atoms with van der Waals surface area (Å²) in [7, 11) is 0. The van der Waals surface area contributed by atoms with Crippen LogP contribution >= 0.6 is 0 Å². The molecule has 0 saturated carbocycles. The van der Waals surface area contributed by atoms with Crippen LogP contribution in [-0.4, -0.2) is 39.0 Å². The van der Waals surface area contributed by atoms with E-state index in [1.807, 2.05) is 30.3 Å². The monoisotopic (exact) mass is 373 g/mol. The summed E-state index contributed by atoms with van der Waals surface area (Å²) in [5.41, 5.74) is 6.09. The van der Waals surface area contributed by atoms with Crippen LogP contribution in [0.5, 0.6) is 0 Å². The van der Waals surface area contributed by atoms with Crippen molar-refractivity contribution in [2.45, 2.75) is 31.1 Å². The first-order valence-corrected chi connectivity index (χ1v) is 9.86. The molecule has 0 bridgehead atoms. The summed E-state index contributed by atoms with van der Waals surface area (Å²) < 4.78 is 0. The molecule has 5 rings (SSSR count). The molecule has 142 valence electrons. The number of fused-ring (bicyclic) bond motifs is 1. The summed E-state index contributed by atoms with van der Waals surface area (Å²) in [6.07, 6.45) is 6.46. The first-order chi connectivity index (χ1) is 13.8. The summed E-state index contributed by atoms with van der Waals surface area (Å²) >= 11 is 0. The van der Waals surface area contributed by atoms with Gasteiger partial charge in [0, 0.05) is 41.8 Å². The molecule has 6 heteroatoms. The van der Waals surface area contributed by atoms with Crippen molar-refractivity contribution in [3.8, 4) is 11.3 Å². The van der Waals surface area contributed by atoms with Crippen molar-refractivity contribution >= 4 is 5.71 Å². The number of pyridine rings is 1. The van der Waals surface area contributed by atoms with Gasteiger partial charge in [-0.15, -0.1) is 0 Å². The van der Waals surface area contributed by atoms with E-state index in [0.29, 0.717) is 12.3 Å². The van der Waals surface area contributed by atoms with Gasteiger partial charge in [-0.05, 0) is 43.6 Å². The molecule has 2 aliphatic rings. The van der Waals surface area contributed by atoms with Gasteiger partial charge in [0.1, 0.15) is 5.82 Å². The number of hydrogen-bond donors (Lipinski definition) is 3. The minimum absolute atomic E-state index is 0.105. The predicted octanol–water partition coefficient (Wildman–Crippen LogP) is 3.65. The number of nitrogens with one attached hydrogen (secondary N) is 2. The van der Waals surface area contributed by atoms with Gasteiger partial charge in [-0.1, -0.05) is 29.4 Å². The standard InChI is InChI=1S/C22H23N5O/c28-27-19-13-18(16-3-1-2-4-17(16)19)21-20(14-5-9-23-10-6-14)25-22(26-21)15-7-11-24-12-8-15/h1-6,9-10,15,18,24,28H,7-8,11-13H2,(H,25,26)/b27-19-. The molecule has 3 aromatic rings. The van der Waals surface area contributed by atoms with Crippen LogP contribution in [-0.2, 0) is 0 Å². The van der Waals surface area contributed by atoms with Crippen LogP contribution in [0, 0.1) is 0 Å². The molecular formula is C22H23N5O. The van der Waals surface area contributed by atoms with Gasteiger partial charge in [-0.25, -0.2) is 4.98 Å². The van der Waals surface area contributed by atoms with E-state index in [1.54, 1.807) is 12.4 Å². The van der Waals surface area contributed by atoms with Crippen molar-refractivity contribution in [2.24, 2.45) is 5.16 Å². The van der Waals surface area contributed by atoms with Gasteiger partial charge in [0.05, 0.1) is 17.1 Å². The number of piperidine rings is 1. The van der Waals surface area contributed by atoms with E-state index in [4.69, 9.17) is 4.98 Å². The molecule has 0 radical (unpaired) electrons. The highest BCUT2D eigenvalue weighted by Gasteiger charge is 2.33. The molecule has 28 heavy (non-hydrogen) atoms. The van der Waals surface area contributed by atoms with Crippen LogP contribution < -0.4 is 5.32 Å². The molecule has 2 aromatic heterocycles. The molecule has 1 aliphatic heterocycles. The number of H-pyrrole nitrogens is 1. The Labute approximate surface area is 163 Å². The van der Waals surface area contributed by atoms with Crippen LogP contribution in [0.3, 0.4) is 0 Å². The fourth-order valence-electron chi connectivity index (χ4n) is 4.51. The van der Waals surface area contributed by atoms with Crippen LogP contribution in [0.25, 0.3) is 11.3 Å². The van der Waals surface area contributed by atoms with Crippen LogP contribution in [0.2, 0.25) is 0 Å². The number of rotatable bonds is 3. The Balaban J connectivity index is 1.63. The highest BCUT2D eigenvalue weighted by molar-refractivity contribution is 6.05. The summed E-state index contributed by atoms with van der Waals surface area (Å²) in [5, 5.41) is 16.5. The predicted molar refractivity (Wildman–Crippen MR) is 108 cm³/mol. The maximum Gasteiger partial charge on any atom is 0.110 e. The van der Waals surface area contributed by atoms with Gasteiger partial charge in [-0.3, -0.25) is 4.98 Å². The highest BCUT2D eigenvalue weighted by Crippen LogP contribution is 2.42. The van der Waals surface area contributed by atoms with Gasteiger partial charge < -0.3 is 15.5 Å². The molecule has 3 N–H and O–H groups in total. The van der Waals surface area contributed by atoms with E-state index >= 15 is 0 Å².